The summed E-state index contributed by atoms with van der Waals surface area (Å²) in [4.78, 5) is 12.1. The number of hydrogen-bond acceptors (Lipinski definition) is 4. The van der Waals surface area contributed by atoms with Crippen LogP contribution in [0.15, 0.2) is 0 Å². The number of nitrogens with zero attached hydrogens (tertiary/aromatic N) is 3. The Balaban J connectivity index is 2.16. The van der Waals surface area contributed by atoms with E-state index in [0.717, 1.165) is 24.4 Å². The van der Waals surface area contributed by atoms with Crippen molar-refractivity contribution >= 4 is 17.5 Å². The number of hydrogen-bond donors (Lipinski definition) is 0. The topological polar surface area (TPSA) is 47.8 Å². The van der Waals surface area contributed by atoms with Gasteiger partial charge in [0.1, 0.15) is 5.82 Å². The van der Waals surface area contributed by atoms with Crippen LogP contribution in [0.4, 0.5) is 0 Å². The van der Waals surface area contributed by atoms with E-state index in [-0.39, 0.29) is 11.0 Å². The molecule has 0 radical (unpaired) electrons. The third-order valence-electron chi connectivity index (χ3n) is 2.79. The molecule has 1 aliphatic rings. The molecule has 82 valence electrons. The predicted octanol–water partition coefficient (Wildman–Crippen LogP) is 1.59. The highest BCUT2D eigenvalue weighted by Crippen LogP contribution is 2.27. The van der Waals surface area contributed by atoms with Gasteiger partial charge in [-0.1, -0.05) is 6.42 Å². The Morgan fingerprint density at radius 1 is 1.47 bits per heavy atom. The fourth-order valence-electron chi connectivity index (χ4n) is 1.71. The van der Waals surface area contributed by atoms with E-state index in [1.54, 1.807) is 16.3 Å². The van der Waals surface area contributed by atoms with Gasteiger partial charge in [-0.2, -0.15) is 11.8 Å². The van der Waals surface area contributed by atoms with E-state index in [1.807, 2.05) is 14.0 Å². The number of rotatable bonds is 2. The molecule has 1 atom stereocenters. The first kappa shape index (κ1) is 10.7. The highest BCUT2D eigenvalue weighted by molar-refractivity contribution is 8.00. The second kappa shape index (κ2) is 4.35. The SMILES string of the molecule is Cc1nnc(C(=O)C2CCCCS2)n1C. The van der Waals surface area contributed by atoms with Crippen molar-refractivity contribution < 1.29 is 4.79 Å². The standard InChI is InChI=1S/C10H15N3OS/c1-7-11-12-10(13(7)2)9(14)8-5-3-4-6-15-8/h8H,3-6H2,1-2H3. The first-order chi connectivity index (χ1) is 7.20. The molecular weight excluding hydrogens is 210 g/mol. The molecule has 1 fully saturated rings. The molecule has 1 aliphatic heterocycles. The Kier molecular flexibility index (Phi) is 3.09. The van der Waals surface area contributed by atoms with Gasteiger partial charge in [0.25, 0.3) is 0 Å². The van der Waals surface area contributed by atoms with Crippen LogP contribution >= 0.6 is 11.8 Å². The number of carbonyl (C=O) groups is 1. The molecule has 0 aliphatic carbocycles. The zero-order chi connectivity index (χ0) is 10.8. The van der Waals surface area contributed by atoms with Crippen molar-refractivity contribution in [3.8, 4) is 0 Å². The van der Waals surface area contributed by atoms with Crippen molar-refractivity contribution in [3.05, 3.63) is 11.6 Å². The van der Waals surface area contributed by atoms with Gasteiger partial charge in [-0.25, -0.2) is 0 Å². The maximum Gasteiger partial charge on any atom is 0.213 e. The van der Waals surface area contributed by atoms with Gasteiger partial charge in [-0.05, 0) is 25.5 Å². The lowest BCUT2D eigenvalue weighted by Gasteiger charge is -2.19. The molecule has 1 aromatic rings. The Hall–Kier alpha value is -0.840. The van der Waals surface area contributed by atoms with Crippen LogP contribution in [-0.4, -0.2) is 31.6 Å². The zero-order valence-electron chi connectivity index (χ0n) is 9.06. The molecule has 0 aromatic carbocycles. The minimum atomic E-state index is 0.0982. The van der Waals surface area contributed by atoms with E-state index in [2.05, 4.69) is 10.2 Å². The Morgan fingerprint density at radius 2 is 2.27 bits per heavy atom. The fourth-order valence-corrected chi connectivity index (χ4v) is 2.96. The molecule has 0 amide bonds. The second-order valence-corrected chi connectivity index (χ2v) is 5.16. The van der Waals surface area contributed by atoms with Gasteiger partial charge in [0.05, 0.1) is 5.25 Å². The van der Waals surface area contributed by atoms with E-state index < -0.39 is 0 Å². The molecule has 2 heterocycles. The molecule has 0 spiro atoms. The third-order valence-corrected chi connectivity index (χ3v) is 4.16. The highest BCUT2D eigenvalue weighted by atomic mass is 32.2. The molecule has 1 aromatic heterocycles. The molecule has 0 bridgehead atoms. The van der Waals surface area contributed by atoms with Crippen LogP contribution in [0.5, 0.6) is 0 Å². The van der Waals surface area contributed by atoms with Crippen molar-refractivity contribution in [3.63, 3.8) is 0 Å². The van der Waals surface area contributed by atoms with Gasteiger partial charge in [-0.15, -0.1) is 10.2 Å². The van der Waals surface area contributed by atoms with E-state index in [9.17, 15) is 4.79 Å². The Bertz CT molecular complexity index is 369. The number of ketones is 1. The number of aromatic nitrogens is 3. The average Bonchev–Trinajstić information content (AvgIpc) is 2.60. The highest BCUT2D eigenvalue weighted by Gasteiger charge is 2.26. The number of thioether (sulfide) groups is 1. The fraction of sp³-hybridized carbons (Fsp3) is 0.700. The summed E-state index contributed by atoms with van der Waals surface area (Å²) in [6.45, 7) is 1.86. The maximum atomic E-state index is 12.1. The van der Waals surface area contributed by atoms with E-state index in [0.29, 0.717) is 5.82 Å². The summed E-state index contributed by atoms with van der Waals surface area (Å²) >= 11 is 1.75. The van der Waals surface area contributed by atoms with Crippen LogP contribution in [0.1, 0.15) is 35.7 Å². The van der Waals surface area contributed by atoms with Crippen LogP contribution in [0.25, 0.3) is 0 Å². The summed E-state index contributed by atoms with van der Waals surface area (Å²) in [7, 11) is 1.84. The normalized spacial score (nSPS) is 21.6. The quantitative estimate of drug-likeness (QED) is 0.717. The van der Waals surface area contributed by atoms with Gasteiger partial charge < -0.3 is 4.57 Å². The smallest absolute Gasteiger partial charge is 0.213 e. The van der Waals surface area contributed by atoms with Crippen molar-refractivity contribution in [2.24, 2.45) is 7.05 Å². The van der Waals surface area contributed by atoms with E-state index in [4.69, 9.17) is 0 Å². The summed E-state index contributed by atoms with van der Waals surface area (Å²) < 4.78 is 1.78. The first-order valence-electron chi connectivity index (χ1n) is 5.22. The second-order valence-electron chi connectivity index (χ2n) is 3.85. The van der Waals surface area contributed by atoms with Crippen LogP contribution in [-0.2, 0) is 7.05 Å². The lowest BCUT2D eigenvalue weighted by atomic mass is 10.1. The number of Topliss-reactive ketones (excluding diaryl/α,β-unsaturated/α-hetero) is 1. The Morgan fingerprint density at radius 3 is 2.80 bits per heavy atom. The summed E-state index contributed by atoms with van der Waals surface area (Å²) in [5.41, 5.74) is 0. The van der Waals surface area contributed by atoms with Gasteiger partial charge in [0.15, 0.2) is 0 Å². The molecule has 5 heteroatoms. The molecule has 0 saturated carbocycles. The number of carbonyl (C=O) groups excluding carboxylic acids is 1. The van der Waals surface area contributed by atoms with Crippen LogP contribution in [0, 0.1) is 6.92 Å². The van der Waals surface area contributed by atoms with Gasteiger partial charge in [-0.3, -0.25) is 4.79 Å². The van der Waals surface area contributed by atoms with E-state index in [1.165, 1.54) is 6.42 Å². The molecule has 2 rings (SSSR count). The minimum absolute atomic E-state index is 0.0982. The van der Waals surface area contributed by atoms with Crippen LogP contribution in [0.2, 0.25) is 0 Å². The van der Waals surface area contributed by atoms with Crippen molar-refractivity contribution in [1.29, 1.82) is 0 Å². The molecule has 4 nitrogen and oxygen atoms in total. The molecule has 1 saturated heterocycles. The summed E-state index contributed by atoms with van der Waals surface area (Å²) in [5.74, 6) is 2.53. The van der Waals surface area contributed by atoms with Gasteiger partial charge in [0, 0.05) is 7.05 Å². The largest absolute Gasteiger partial charge is 0.312 e. The van der Waals surface area contributed by atoms with Gasteiger partial charge in [0.2, 0.25) is 11.6 Å². The van der Waals surface area contributed by atoms with Crippen molar-refractivity contribution in [1.82, 2.24) is 14.8 Å². The monoisotopic (exact) mass is 225 g/mol. The zero-order valence-corrected chi connectivity index (χ0v) is 9.88. The van der Waals surface area contributed by atoms with Gasteiger partial charge >= 0.3 is 0 Å². The average molecular weight is 225 g/mol. The molecule has 0 N–H and O–H groups in total. The molecule has 1 unspecified atom stereocenters. The first-order valence-corrected chi connectivity index (χ1v) is 6.27. The van der Waals surface area contributed by atoms with Crippen LogP contribution in [0.3, 0.4) is 0 Å². The summed E-state index contributed by atoms with van der Waals surface area (Å²) in [6, 6.07) is 0. The summed E-state index contributed by atoms with van der Waals surface area (Å²) in [5, 5.41) is 7.95. The minimum Gasteiger partial charge on any atom is -0.312 e. The predicted molar refractivity (Wildman–Crippen MR) is 60.2 cm³/mol. The maximum absolute atomic E-state index is 12.1. The third kappa shape index (κ3) is 2.07. The van der Waals surface area contributed by atoms with Crippen molar-refractivity contribution in [2.75, 3.05) is 5.75 Å². The molecular formula is C10H15N3OS. The van der Waals surface area contributed by atoms with Crippen LogP contribution < -0.4 is 0 Å². The molecule has 15 heavy (non-hydrogen) atoms. The Labute approximate surface area is 93.5 Å². The lowest BCUT2D eigenvalue weighted by molar-refractivity contribution is 0.0971. The summed E-state index contributed by atoms with van der Waals surface area (Å²) in [6.07, 6.45) is 3.36. The van der Waals surface area contributed by atoms with Crippen molar-refractivity contribution in [2.45, 2.75) is 31.4 Å². The lowest BCUT2D eigenvalue weighted by Crippen LogP contribution is -2.24. The van der Waals surface area contributed by atoms with E-state index >= 15 is 0 Å². The number of aryl methyl sites for hydroxylation is 1.